The molecule has 0 aromatic carbocycles. The summed E-state index contributed by atoms with van der Waals surface area (Å²) in [6, 6.07) is 0. The van der Waals surface area contributed by atoms with Crippen molar-refractivity contribution in [3.63, 3.8) is 0 Å². The maximum Gasteiger partial charge on any atom is 0.326 e. The number of carbonyl (C=O) groups excluding carboxylic acids is 1. The van der Waals surface area contributed by atoms with E-state index in [9.17, 15) is 4.79 Å². The maximum absolute atomic E-state index is 12.6. The number of nitrogens with zero attached hydrogens (tertiary/aromatic N) is 1. The number of carbonyl (C=O) groups is 1. The van der Waals surface area contributed by atoms with Gasteiger partial charge in [-0.15, -0.1) is 0 Å². The number of esters is 1. The first-order valence-electron chi connectivity index (χ1n) is 7.59. The molecule has 2 fully saturated rings. The molecule has 4 nitrogen and oxygen atoms in total. The van der Waals surface area contributed by atoms with Gasteiger partial charge < -0.3 is 10.1 Å². The van der Waals surface area contributed by atoms with Gasteiger partial charge in [-0.2, -0.15) is 0 Å². The number of hydrogen-bond acceptors (Lipinski definition) is 4. The molecule has 1 saturated heterocycles. The Morgan fingerprint density at radius 1 is 1.11 bits per heavy atom. The van der Waals surface area contributed by atoms with Crippen molar-refractivity contribution in [2.24, 2.45) is 5.41 Å². The van der Waals surface area contributed by atoms with Gasteiger partial charge in [0.15, 0.2) is 0 Å². The van der Waals surface area contributed by atoms with Gasteiger partial charge in [-0.3, -0.25) is 9.69 Å². The fourth-order valence-electron chi connectivity index (χ4n) is 3.98. The van der Waals surface area contributed by atoms with Crippen molar-refractivity contribution < 1.29 is 9.53 Å². The van der Waals surface area contributed by atoms with E-state index in [1.54, 1.807) is 0 Å². The zero-order valence-electron chi connectivity index (χ0n) is 12.6. The molecule has 0 amide bonds. The predicted molar refractivity (Wildman–Crippen MR) is 76.1 cm³/mol. The Morgan fingerprint density at radius 2 is 1.84 bits per heavy atom. The molecule has 1 unspecified atom stereocenters. The number of ether oxygens (including phenoxy) is 1. The third-order valence-corrected chi connectivity index (χ3v) is 5.11. The van der Waals surface area contributed by atoms with Crippen LogP contribution in [0.4, 0.5) is 0 Å². The van der Waals surface area contributed by atoms with Gasteiger partial charge in [-0.1, -0.05) is 26.7 Å². The molecule has 1 N–H and O–H groups in total. The molecule has 0 aromatic rings. The first-order valence-corrected chi connectivity index (χ1v) is 7.59. The zero-order chi connectivity index (χ0) is 13.9. The summed E-state index contributed by atoms with van der Waals surface area (Å²) in [6.45, 7) is 8.43. The van der Waals surface area contributed by atoms with Crippen LogP contribution in [0.5, 0.6) is 0 Å². The summed E-state index contributed by atoms with van der Waals surface area (Å²) in [6.07, 6.45) is 5.49. The summed E-state index contributed by atoms with van der Waals surface area (Å²) < 4.78 is 5.22. The lowest BCUT2D eigenvalue weighted by Crippen LogP contribution is -2.65. The number of hydrogen-bond donors (Lipinski definition) is 1. The van der Waals surface area contributed by atoms with Crippen molar-refractivity contribution in [1.29, 1.82) is 0 Å². The lowest BCUT2D eigenvalue weighted by atomic mass is 9.62. The van der Waals surface area contributed by atoms with Gasteiger partial charge in [0.05, 0.1) is 7.11 Å². The van der Waals surface area contributed by atoms with Gasteiger partial charge >= 0.3 is 5.97 Å². The Hall–Kier alpha value is -0.610. The molecule has 0 bridgehead atoms. The standard InChI is InChI=1S/C15H28N2O2/c1-14(2)7-4-5-8-15(14,13(18)19-3)17-11-6-9-16-10-12-17/h16H,4-12H2,1-3H3. The van der Waals surface area contributed by atoms with E-state index in [0.717, 1.165) is 51.9 Å². The highest BCUT2D eigenvalue weighted by atomic mass is 16.5. The minimum absolute atomic E-state index is 0.0112. The molecular formula is C15H28N2O2. The highest BCUT2D eigenvalue weighted by molar-refractivity contribution is 5.82. The topological polar surface area (TPSA) is 41.6 Å². The van der Waals surface area contributed by atoms with Crippen LogP contribution >= 0.6 is 0 Å². The summed E-state index contributed by atoms with van der Waals surface area (Å²) in [7, 11) is 1.53. The van der Waals surface area contributed by atoms with Gasteiger partial charge in [0.2, 0.25) is 0 Å². The monoisotopic (exact) mass is 268 g/mol. The van der Waals surface area contributed by atoms with E-state index in [-0.39, 0.29) is 11.4 Å². The van der Waals surface area contributed by atoms with Crippen LogP contribution in [0.25, 0.3) is 0 Å². The second kappa shape index (κ2) is 5.80. The molecule has 1 heterocycles. The van der Waals surface area contributed by atoms with Gasteiger partial charge in [0, 0.05) is 19.6 Å². The minimum Gasteiger partial charge on any atom is -0.468 e. The minimum atomic E-state index is -0.425. The molecule has 19 heavy (non-hydrogen) atoms. The molecular weight excluding hydrogens is 240 g/mol. The fourth-order valence-corrected chi connectivity index (χ4v) is 3.98. The summed E-state index contributed by atoms with van der Waals surface area (Å²) in [4.78, 5) is 15.0. The van der Waals surface area contributed by atoms with Crippen LogP contribution < -0.4 is 5.32 Å². The summed E-state index contributed by atoms with van der Waals surface area (Å²) in [5.41, 5.74) is -0.436. The van der Waals surface area contributed by atoms with E-state index in [0.29, 0.717) is 0 Å². The van der Waals surface area contributed by atoms with E-state index in [1.165, 1.54) is 13.5 Å². The Balaban J connectivity index is 2.34. The van der Waals surface area contributed by atoms with Gasteiger partial charge in [-0.25, -0.2) is 0 Å². The van der Waals surface area contributed by atoms with Crippen LogP contribution in [0, 0.1) is 5.41 Å². The highest BCUT2D eigenvalue weighted by Gasteiger charge is 2.56. The molecule has 0 radical (unpaired) electrons. The smallest absolute Gasteiger partial charge is 0.326 e. The second-order valence-electron chi connectivity index (χ2n) is 6.53. The molecule has 1 aliphatic carbocycles. The summed E-state index contributed by atoms with van der Waals surface area (Å²) >= 11 is 0. The molecule has 1 atom stereocenters. The molecule has 110 valence electrons. The van der Waals surface area contributed by atoms with Crippen LogP contribution in [-0.4, -0.2) is 49.7 Å². The number of nitrogens with one attached hydrogen (secondary N) is 1. The lowest BCUT2D eigenvalue weighted by Gasteiger charge is -2.53. The molecule has 0 aromatic heterocycles. The first-order chi connectivity index (χ1) is 9.04. The molecule has 0 spiro atoms. The Kier molecular flexibility index (Phi) is 4.51. The maximum atomic E-state index is 12.6. The molecule has 1 saturated carbocycles. The quantitative estimate of drug-likeness (QED) is 0.775. The van der Waals surface area contributed by atoms with E-state index < -0.39 is 5.54 Å². The lowest BCUT2D eigenvalue weighted by molar-refractivity contribution is -0.170. The van der Waals surface area contributed by atoms with Crippen LogP contribution in [0.2, 0.25) is 0 Å². The Bertz CT molecular complexity index is 322. The number of rotatable bonds is 2. The predicted octanol–water partition coefficient (Wildman–Crippen LogP) is 1.79. The van der Waals surface area contributed by atoms with Crippen molar-refractivity contribution >= 4 is 5.97 Å². The molecule has 2 aliphatic rings. The Labute approximate surface area is 116 Å². The van der Waals surface area contributed by atoms with E-state index in [2.05, 4.69) is 24.1 Å². The van der Waals surface area contributed by atoms with Crippen molar-refractivity contribution in [3.8, 4) is 0 Å². The zero-order valence-corrected chi connectivity index (χ0v) is 12.6. The average molecular weight is 268 g/mol. The van der Waals surface area contributed by atoms with Gasteiger partial charge in [-0.05, 0) is 31.2 Å². The van der Waals surface area contributed by atoms with Crippen molar-refractivity contribution in [2.75, 3.05) is 33.3 Å². The third kappa shape index (κ3) is 2.52. The second-order valence-corrected chi connectivity index (χ2v) is 6.53. The van der Waals surface area contributed by atoms with Crippen LogP contribution in [0.15, 0.2) is 0 Å². The van der Waals surface area contributed by atoms with Crippen LogP contribution in [-0.2, 0) is 9.53 Å². The van der Waals surface area contributed by atoms with E-state index in [1.807, 2.05) is 0 Å². The molecule has 1 aliphatic heterocycles. The van der Waals surface area contributed by atoms with Crippen molar-refractivity contribution in [1.82, 2.24) is 10.2 Å². The van der Waals surface area contributed by atoms with Crippen molar-refractivity contribution in [3.05, 3.63) is 0 Å². The average Bonchev–Trinajstić information content (AvgIpc) is 2.67. The van der Waals surface area contributed by atoms with Crippen molar-refractivity contribution in [2.45, 2.75) is 51.5 Å². The highest BCUT2D eigenvalue weighted by Crippen LogP contribution is 2.48. The summed E-state index contributed by atoms with van der Waals surface area (Å²) in [5.74, 6) is -0.0286. The van der Waals surface area contributed by atoms with Crippen LogP contribution in [0.3, 0.4) is 0 Å². The van der Waals surface area contributed by atoms with Gasteiger partial charge in [0.25, 0.3) is 0 Å². The van der Waals surface area contributed by atoms with Crippen LogP contribution in [0.1, 0.15) is 46.0 Å². The third-order valence-electron chi connectivity index (χ3n) is 5.11. The Morgan fingerprint density at radius 3 is 2.53 bits per heavy atom. The van der Waals surface area contributed by atoms with Gasteiger partial charge in [0.1, 0.15) is 5.54 Å². The normalized spacial score (nSPS) is 32.6. The van der Waals surface area contributed by atoms with E-state index in [4.69, 9.17) is 4.74 Å². The SMILES string of the molecule is COC(=O)C1(N2CCCNCC2)CCCCC1(C)C. The summed E-state index contributed by atoms with van der Waals surface area (Å²) in [5, 5.41) is 3.42. The largest absolute Gasteiger partial charge is 0.468 e. The molecule has 2 rings (SSSR count). The number of methoxy groups -OCH3 is 1. The first kappa shape index (κ1) is 14.8. The fraction of sp³-hybridized carbons (Fsp3) is 0.933. The van der Waals surface area contributed by atoms with E-state index >= 15 is 0 Å². The molecule has 4 heteroatoms.